The van der Waals surface area contributed by atoms with Gasteiger partial charge in [0, 0.05) is 5.50 Å². The first-order valence-corrected chi connectivity index (χ1v) is 8.33. The molecule has 1 unspecified atom stereocenters. The Balaban J connectivity index is 2.98. The Labute approximate surface area is 89.9 Å². The third-order valence-corrected chi connectivity index (χ3v) is 7.11. The summed E-state index contributed by atoms with van der Waals surface area (Å²) in [7, 11) is -1.89. The van der Waals surface area contributed by atoms with Crippen LogP contribution in [0, 0.1) is 0 Å². The van der Waals surface area contributed by atoms with Crippen molar-refractivity contribution in [2.75, 3.05) is 5.50 Å². The van der Waals surface area contributed by atoms with Gasteiger partial charge in [0.1, 0.15) is 0 Å². The minimum Gasteiger partial charge on any atom is -0.160 e. The molecule has 1 rings (SSSR count). The number of rotatable bonds is 3. The Morgan fingerprint density at radius 2 is 1.92 bits per heavy atom. The lowest BCUT2D eigenvalue weighted by atomic mass is 10.2. The second-order valence-electron chi connectivity index (χ2n) is 3.16. The Hall–Kier alpha value is -0.243. The summed E-state index contributed by atoms with van der Waals surface area (Å²) in [6, 6.07) is 8.11. The van der Waals surface area contributed by atoms with Gasteiger partial charge in [0.05, 0.1) is 0 Å². The van der Waals surface area contributed by atoms with Crippen molar-refractivity contribution < 1.29 is 0 Å². The fourth-order valence-corrected chi connectivity index (χ4v) is 2.90. The van der Waals surface area contributed by atoms with Crippen molar-refractivity contribution in [3.05, 3.63) is 36.4 Å². The van der Waals surface area contributed by atoms with Gasteiger partial charge in [-0.1, -0.05) is 43.5 Å². The molecule has 0 fully saturated rings. The fourth-order valence-electron chi connectivity index (χ4n) is 1.04. The van der Waals surface area contributed by atoms with E-state index in [1.807, 2.05) is 36.9 Å². The topological polar surface area (TPSA) is 0 Å². The first-order valence-electron chi connectivity index (χ1n) is 4.08. The maximum atomic E-state index is 6.32. The SMILES string of the molecule is C=Cc1ccc([Si](C)(Cl)CCl)cc1. The molecule has 0 saturated carbocycles. The highest BCUT2D eigenvalue weighted by molar-refractivity contribution is 7.28. The van der Waals surface area contributed by atoms with Gasteiger partial charge < -0.3 is 0 Å². The molecule has 1 aromatic carbocycles. The molecule has 0 aliphatic heterocycles. The predicted octanol–water partition coefficient (Wildman–Crippen LogP) is 3.13. The van der Waals surface area contributed by atoms with Crippen molar-refractivity contribution in [2.45, 2.75) is 6.55 Å². The van der Waals surface area contributed by atoms with E-state index in [4.69, 9.17) is 22.7 Å². The fraction of sp³-hybridized carbons (Fsp3) is 0.200. The number of alkyl halides is 1. The van der Waals surface area contributed by atoms with Crippen LogP contribution in [0.3, 0.4) is 0 Å². The van der Waals surface area contributed by atoms with Crippen LogP contribution in [0.4, 0.5) is 0 Å². The normalized spacial score (nSPS) is 15.0. The first kappa shape index (κ1) is 10.8. The minimum atomic E-state index is -1.89. The smallest absolute Gasteiger partial charge is 0.160 e. The van der Waals surface area contributed by atoms with Gasteiger partial charge in [-0.15, -0.1) is 11.6 Å². The van der Waals surface area contributed by atoms with Crippen LogP contribution >= 0.6 is 22.7 Å². The van der Waals surface area contributed by atoms with Crippen molar-refractivity contribution in [1.29, 1.82) is 0 Å². The minimum absolute atomic E-state index is 0.544. The molecule has 0 amide bonds. The highest BCUT2D eigenvalue weighted by atomic mass is 35.6. The molecule has 70 valence electrons. The van der Waals surface area contributed by atoms with Crippen molar-refractivity contribution in [1.82, 2.24) is 0 Å². The third kappa shape index (κ3) is 2.60. The van der Waals surface area contributed by atoms with Gasteiger partial charge >= 0.3 is 0 Å². The number of hydrogen-bond acceptors (Lipinski definition) is 0. The van der Waals surface area contributed by atoms with Crippen LogP contribution in [0.25, 0.3) is 6.08 Å². The summed E-state index contributed by atoms with van der Waals surface area (Å²) in [6.45, 7) is 5.74. The molecule has 0 aromatic heterocycles. The maximum Gasteiger partial charge on any atom is 0.198 e. The zero-order chi connectivity index (χ0) is 9.90. The predicted molar refractivity (Wildman–Crippen MR) is 64.4 cm³/mol. The van der Waals surface area contributed by atoms with E-state index in [9.17, 15) is 0 Å². The highest BCUT2D eigenvalue weighted by Crippen LogP contribution is 2.11. The quantitative estimate of drug-likeness (QED) is 0.426. The van der Waals surface area contributed by atoms with Gasteiger partial charge in [0.25, 0.3) is 0 Å². The second kappa shape index (κ2) is 4.31. The summed E-state index contributed by atoms with van der Waals surface area (Å²) < 4.78 is 0. The van der Waals surface area contributed by atoms with E-state index in [1.165, 1.54) is 5.19 Å². The van der Waals surface area contributed by atoms with Crippen molar-refractivity contribution >= 4 is 41.3 Å². The molecule has 0 N–H and O–H groups in total. The van der Waals surface area contributed by atoms with E-state index in [-0.39, 0.29) is 0 Å². The lowest BCUT2D eigenvalue weighted by Gasteiger charge is -2.16. The van der Waals surface area contributed by atoms with Gasteiger partial charge in [-0.2, -0.15) is 11.1 Å². The summed E-state index contributed by atoms with van der Waals surface area (Å²) in [5.41, 5.74) is 1.65. The van der Waals surface area contributed by atoms with E-state index in [0.717, 1.165) is 5.56 Å². The Kier molecular flexibility index (Phi) is 3.60. The molecule has 0 saturated heterocycles. The van der Waals surface area contributed by atoms with Crippen LogP contribution in [0.2, 0.25) is 6.55 Å². The highest BCUT2D eigenvalue weighted by Gasteiger charge is 2.25. The van der Waals surface area contributed by atoms with Crippen LogP contribution in [-0.2, 0) is 0 Å². The van der Waals surface area contributed by atoms with Gasteiger partial charge in [-0.05, 0) is 10.8 Å². The summed E-state index contributed by atoms with van der Waals surface area (Å²) >= 11 is 12.1. The van der Waals surface area contributed by atoms with Crippen LogP contribution in [0.1, 0.15) is 5.56 Å². The summed E-state index contributed by atoms with van der Waals surface area (Å²) in [6.07, 6.45) is 1.82. The van der Waals surface area contributed by atoms with Crippen LogP contribution in [-0.4, -0.2) is 12.9 Å². The largest absolute Gasteiger partial charge is 0.198 e. The molecular formula is C10H12Cl2Si. The average Bonchev–Trinajstić information content (AvgIpc) is 2.18. The van der Waals surface area contributed by atoms with Crippen molar-refractivity contribution in [3.8, 4) is 0 Å². The molecule has 0 nitrogen and oxygen atoms in total. The average molecular weight is 231 g/mol. The van der Waals surface area contributed by atoms with E-state index >= 15 is 0 Å². The molecule has 1 atom stereocenters. The van der Waals surface area contributed by atoms with E-state index in [1.54, 1.807) is 0 Å². The second-order valence-corrected chi connectivity index (χ2v) is 9.70. The molecule has 0 radical (unpaired) electrons. The van der Waals surface area contributed by atoms with Crippen LogP contribution in [0.15, 0.2) is 30.8 Å². The Morgan fingerprint density at radius 1 is 1.38 bits per heavy atom. The zero-order valence-corrected chi connectivity index (χ0v) is 10.1. The summed E-state index contributed by atoms with van der Waals surface area (Å²) in [5.74, 6) is 0. The lowest BCUT2D eigenvalue weighted by Crippen LogP contribution is -2.41. The standard InChI is InChI=1S/C10H12Cl2Si/c1-3-9-4-6-10(7-5-9)13(2,12)8-11/h3-7H,1,8H2,2H3. The van der Waals surface area contributed by atoms with E-state index < -0.39 is 7.38 Å². The molecule has 3 heteroatoms. The number of benzene rings is 1. The zero-order valence-electron chi connectivity index (χ0n) is 7.56. The molecule has 13 heavy (non-hydrogen) atoms. The van der Waals surface area contributed by atoms with Gasteiger partial charge in [0.15, 0.2) is 7.38 Å². The lowest BCUT2D eigenvalue weighted by molar-refractivity contribution is 1.68. The number of hydrogen-bond donors (Lipinski definition) is 0. The van der Waals surface area contributed by atoms with Gasteiger partial charge in [-0.3, -0.25) is 0 Å². The first-order chi connectivity index (χ1) is 6.10. The van der Waals surface area contributed by atoms with Gasteiger partial charge in [0.2, 0.25) is 0 Å². The molecule has 0 bridgehead atoms. The van der Waals surface area contributed by atoms with E-state index in [0.29, 0.717) is 5.50 Å². The number of halogens is 2. The maximum absolute atomic E-state index is 6.32. The molecule has 0 spiro atoms. The van der Waals surface area contributed by atoms with Crippen LogP contribution < -0.4 is 5.19 Å². The molecule has 0 heterocycles. The third-order valence-electron chi connectivity index (χ3n) is 2.00. The Morgan fingerprint density at radius 3 is 2.31 bits per heavy atom. The summed E-state index contributed by atoms with van der Waals surface area (Å²) in [4.78, 5) is 0. The van der Waals surface area contributed by atoms with Crippen LogP contribution in [0.5, 0.6) is 0 Å². The monoisotopic (exact) mass is 230 g/mol. The van der Waals surface area contributed by atoms with Crippen molar-refractivity contribution in [2.24, 2.45) is 0 Å². The van der Waals surface area contributed by atoms with E-state index in [2.05, 4.69) is 6.58 Å². The van der Waals surface area contributed by atoms with Gasteiger partial charge in [-0.25, -0.2) is 0 Å². The molecular weight excluding hydrogens is 219 g/mol. The molecule has 0 aliphatic rings. The molecule has 1 aromatic rings. The van der Waals surface area contributed by atoms with Crippen molar-refractivity contribution in [3.63, 3.8) is 0 Å². The molecule has 0 aliphatic carbocycles. The Bertz CT molecular complexity index is 290. The summed E-state index contributed by atoms with van der Waals surface area (Å²) in [5, 5.41) is 1.18.